The summed E-state index contributed by atoms with van der Waals surface area (Å²) in [6.07, 6.45) is 10.8. The largest absolute Gasteiger partial charge is 0.487 e. The van der Waals surface area contributed by atoms with E-state index in [2.05, 4.69) is 31.6 Å². The van der Waals surface area contributed by atoms with E-state index >= 15 is 0 Å². The first-order chi connectivity index (χ1) is 25.5. The Kier molecular flexibility index (Phi) is 12.1. The summed E-state index contributed by atoms with van der Waals surface area (Å²) in [7, 11) is -2.10. The summed E-state index contributed by atoms with van der Waals surface area (Å²) in [5.74, 6) is 0.482. The van der Waals surface area contributed by atoms with Crippen molar-refractivity contribution in [1.29, 1.82) is 0 Å². The van der Waals surface area contributed by atoms with Crippen molar-refractivity contribution in [3.05, 3.63) is 70.3 Å². The number of carbonyl (C=O) groups excluding carboxylic acids is 1. The first-order valence-electron chi connectivity index (χ1n) is 19.7. The summed E-state index contributed by atoms with van der Waals surface area (Å²) in [5.41, 5.74) is 2.91. The number of hydrogen-bond acceptors (Lipinski definition) is 9. The molecule has 2 bridgehead atoms. The van der Waals surface area contributed by atoms with Gasteiger partial charge in [-0.1, -0.05) is 36.7 Å². The van der Waals surface area contributed by atoms with E-state index in [1.807, 2.05) is 44.4 Å². The van der Waals surface area contributed by atoms with Crippen LogP contribution in [0.2, 0.25) is 5.02 Å². The van der Waals surface area contributed by atoms with E-state index in [1.165, 1.54) is 5.56 Å². The Morgan fingerprint density at radius 2 is 1.89 bits per heavy atom. The fourth-order valence-electron chi connectivity index (χ4n) is 9.11. The van der Waals surface area contributed by atoms with Crippen LogP contribution >= 0.6 is 11.6 Å². The summed E-state index contributed by atoms with van der Waals surface area (Å²) in [6.45, 7) is 12.2. The molecule has 53 heavy (non-hydrogen) atoms. The zero-order valence-electron chi connectivity index (χ0n) is 31.6. The molecule has 3 fully saturated rings. The predicted octanol–water partition coefficient (Wildman–Crippen LogP) is 5.92. The maximum Gasteiger partial charge on any atom is 0.264 e. The Balaban J connectivity index is 1.22. The van der Waals surface area contributed by atoms with Gasteiger partial charge in [0.05, 0.1) is 29.8 Å². The summed E-state index contributed by atoms with van der Waals surface area (Å²) in [6, 6.07) is 11.7. The number of carbonyl (C=O) groups is 1. The number of piperazine rings is 1. The third-order valence-corrected chi connectivity index (χ3v) is 15.0. The van der Waals surface area contributed by atoms with Gasteiger partial charge in [-0.15, -0.1) is 0 Å². The topological polar surface area (TPSA) is 101 Å². The fourth-order valence-corrected chi connectivity index (χ4v) is 10.6. The van der Waals surface area contributed by atoms with Gasteiger partial charge >= 0.3 is 0 Å². The third-order valence-electron chi connectivity index (χ3n) is 12.9. The van der Waals surface area contributed by atoms with Gasteiger partial charge in [0.25, 0.3) is 5.91 Å². The Morgan fingerprint density at radius 1 is 1.02 bits per heavy atom. The van der Waals surface area contributed by atoms with Gasteiger partial charge in [0.15, 0.2) is 0 Å². The van der Waals surface area contributed by atoms with Gasteiger partial charge in [0, 0.05) is 69.6 Å². The molecule has 7 rings (SSSR count). The molecule has 1 amide bonds. The van der Waals surface area contributed by atoms with Crippen molar-refractivity contribution in [3.8, 4) is 5.75 Å². The smallest absolute Gasteiger partial charge is 0.264 e. The van der Waals surface area contributed by atoms with E-state index in [0.29, 0.717) is 36.3 Å². The molecule has 0 radical (unpaired) electrons. The zero-order valence-corrected chi connectivity index (χ0v) is 33.2. The number of allylic oxidation sites excluding steroid dienone is 1. The molecular formula is C41H57ClN4O6S. The van der Waals surface area contributed by atoms with E-state index < -0.39 is 26.8 Å². The van der Waals surface area contributed by atoms with Crippen molar-refractivity contribution < 1.29 is 27.4 Å². The minimum absolute atomic E-state index is 0.218. The van der Waals surface area contributed by atoms with Crippen LogP contribution in [-0.2, 0) is 32.5 Å². The average molecular weight is 769 g/mol. The highest BCUT2D eigenvalue weighted by Crippen LogP contribution is 2.48. The number of sulfonamides is 1. The van der Waals surface area contributed by atoms with Crippen molar-refractivity contribution in [3.63, 3.8) is 0 Å². The normalized spacial score (nSPS) is 32.0. The second-order valence-corrected chi connectivity index (χ2v) is 18.5. The number of morpholine rings is 1. The number of anilines is 1. The summed E-state index contributed by atoms with van der Waals surface area (Å²) in [4.78, 5) is 21.1. The molecule has 1 N–H and O–H groups in total. The Labute approximate surface area is 321 Å². The second-order valence-electron chi connectivity index (χ2n) is 16.0. The van der Waals surface area contributed by atoms with E-state index in [9.17, 15) is 13.2 Å². The van der Waals surface area contributed by atoms with Gasteiger partial charge in [0.1, 0.15) is 12.4 Å². The van der Waals surface area contributed by atoms with Crippen molar-refractivity contribution in [2.45, 2.75) is 82.3 Å². The number of halogens is 1. The molecule has 290 valence electrons. The summed E-state index contributed by atoms with van der Waals surface area (Å²) >= 11 is 6.41. The molecule has 1 aliphatic carbocycles. The van der Waals surface area contributed by atoms with Crippen molar-refractivity contribution in [1.82, 2.24) is 14.5 Å². The first-order valence-corrected chi connectivity index (χ1v) is 21.6. The van der Waals surface area contributed by atoms with Crippen LogP contribution in [0.15, 0.2) is 48.6 Å². The number of aryl methyl sites for hydroxylation is 1. The summed E-state index contributed by atoms with van der Waals surface area (Å²) in [5, 5.41) is -0.0592. The van der Waals surface area contributed by atoms with Crippen LogP contribution in [0.25, 0.3) is 0 Å². The molecule has 0 aromatic heterocycles. The second kappa shape index (κ2) is 16.6. The van der Waals surface area contributed by atoms with E-state index in [4.69, 9.17) is 25.8 Å². The quantitative estimate of drug-likeness (QED) is 0.380. The van der Waals surface area contributed by atoms with Gasteiger partial charge in [0.2, 0.25) is 10.0 Å². The first kappa shape index (κ1) is 38.6. The standard InChI is InChI=1S/C41H57ClN4O6S/c1-29-7-6-15-41(50-3,16-18-44-19-20-45-21-22-51-28-36(45)26-44)37-13-10-33(37)25-46-17-5-4-8-31-23-35(42)12-9-34(31)27-52-39-14-11-32(24-38(39)46)40(47)43-53(48,49)30(29)2/h6,9,11-12,14-15,23-24,29-30,33,36-37H,4-5,7-8,10,13,16-22,25-28H2,1-3H3,(H,43,47)/b15-6+/t29-,30+,33-,36-,37+,41+/m0/s1. The fraction of sp³-hybridized carbons (Fsp3) is 0.634. The molecule has 2 saturated heterocycles. The molecule has 1 saturated carbocycles. The lowest BCUT2D eigenvalue weighted by Crippen LogP contribution is -2.59. The van der Waals surface area contributed by atoms with Crippen LogP contribution in [-0.4, -0.2) is 107 Å². The lowest BCUT2D eigenvalue weighted by Gasteiger charge is -2.51. The number of nitrogens with zero attached hydrogens (tertiary/aromatic N) is 3. The Hall–Kier alpha value is -2.67. The number of benzene rings is 2. The van der Waals surface area contributed by atoms with Crippen LogP contribution in [0.3, 0.4) is 0 Å². The van der Waals surface area contributed by atoms with E-state index in [1.54, 1.807) is 13.0 Å². The molecular weight excluding hydrogens is 712 g/mol. The third kappa shape index (κ3) is 8.60. The highest BCUT2D eigenvalue weighted by atomic mass is 35.5. The minimum atomic E-state index is -3.95. The number of nitrogens with one attached hydrogen (secondary N) is 1. The lowest BCUT2D eigenvalue weighted by atomic mass is 9.63. The van der Waals surface area contributed by atoms with Crippen molar-refractivity contribution in [2.75, 3.05) is 71.0 Å². The average Bonchev–Trinajstić information content (AvgIpc) is 3.17. The molecule has 2 aromatic rings. The number of amides is 1. The maximum atomic E-state index is 13.6. The molecule has 0 unspecified atom stereocenters. The summed E-state index contributed by atoms with van der Waals surface area (Å²) < 4.78 is 48.6. The molecule has 10 nitrogen and oxygen atoms in total. The molecule has 5 aliphatic rings. The minimum Gasteiger partial charge on any atom is -0.487 e. The number of fused-ring (bicyclic) bond motifs is 4. The van der Waals surface area contributed by atoms with Crippen LogP contribution in [0, 0.1) is 17.8 Å². The molecule has 2 aromatic carbocycles. The van der Waals surface area contributed by atoms with Gasteiger partial charge < -0.3 is 24.0 Å². The number of rotatable bonds is 4. The highest BCUT2D eigenvalue weighted by Gasteiger charge is 2.47. The molecule has 6 atom stereocenters. The predicted molar refractivity (Wildman–Crippen MR) is 209 cm³/mol. The van der Waals surface area contributed by atoms with Crippen LogP contribution in [0.5, 0.6) is 5.75 Å². The lowest BCUT2D eigenvalue weighted by molar-refractivity contribution is -0.0897. The SMILES string of the molecule is CO[C@@]1(CCN2CCN3CCOC[C@@H]3C2)/C=C/C[C@H](C)[C@@H](C)S(=O)(=O)NC(=O)c2ccc3c(c2)N(CCCCc2cc(Cl)ccc2CO3)C[C@@H]2CC[C@H]21. The Bertz CT molecular complexity index is 1760. The van der Waals surface area contributed by atoms with Crippen molar-refractivity contribution >= 4 is 33.2 Å². The zero-order chi connectivity index (χ0) is 37.2. The monoisotopic (exact) mass is 768 g/mol. The van der Waals surface area contributed by atoms with Crippen LogP contribution in [0.4, 0.5) is 5.69 Å². The van der Waals surface area contributed by atoms with Gasteiger partial charge in [-0.05, 0) is 111 Å². The van der Waals surface area contributed by atoms with Crippen LogP contribution in [0.1, 0.15) is 73.9 Å². The van der Waals surface area contributed by atoms with Crippen LogP contribution < -0.4 is 14.4 Å². The van der Waals surface area contributed by atoms with E-state index in [0.717, 1.165) is 114 Å². The van der Waals surface area contributed by atoms with Gasteiger partial charge in [-0.3, -0.25) is 9.69 Å². The number of hydrogen-bond donors (Lipinski definition) is 1. The van der Waals surface area contributed by atoms with Gasteiger partial charge in [-0.2, -0.15) is 0 Å². The number of methoxy groups -OCH3 is 1. The van der Waals surface area contributed by atoms with Crippen molar-refractivity contribution in [2.24, 2.45) is 17.8 Å². The molecule has 0 spiro atoms. The molecule has 12 heteroatoms. The molecule has 4 heterocycles. The van der Waals surface area contributed by atoms with E-state index in [-0.39, 0.29) is 11.8 Å². The Morgan fingerprint density at radius 3 is 2.70 bits per heavy atom. The maximum absolute atomic E-state index is 13.6. The van der Waals surface area contributed by atoms with Gasteiger partial charge in [-0.25, -0.2) is 13.1 Å². The highest BCUT2D eigenvalue weighted by molar-refractivity contribution is 7.90. The molecule has 4 aliphatic heterocycles. The number of ether oxygens (including phenoxy) is 3.